The zero-order valence-corrected chi connectivity index (χ0v) is 9.66. The molecule has 0 aliphatic rings. The molecule has 1 aromatic carbocycles. The minimum Gasteiger partial charge on any atom is -0.203 e. The molecule has 1 rings (SSSR count). The lowest BCUT2D eigenvalue weighted by Gasteiger charge is -2.12. The van der Waals surface area contributed by atoms with Gasteiger partial charge in [-0.05, 0) is 5.56 Å². The second-order valence-electron chi connectivity index (χ2n) is 3.09. The van der Waals surface area contributed by atoms with Crippen molar-refractivity contribution in [3.8, 4) is 6.07 Å². The van der Waals surface area contributed by atoms with Crippen LogP contribution < -0.4 is 9.44 Å². The van der Waals surface area contributed by atoms with E-state index in [1.165, 1.54) is 0 Å². The number of hydrogen-bond acceptors (Lipinski definition) is 3. The fourth-order valence-corrected chi connectivity index (χ4v) is 2.16. The number of nitrogens with one attached hydrogen (secondary N) is 2. The maximum Gasteiger partial charge on any atom is 0.278 e. The molecule has 0 fully saturated rings. The first-order chi connectivity index (χ1) is 7.59. The molecular formula is C10H13N3O2S. The van der Waals surface area contributed by atoms with Crippen LogP contribution in [0.15, 0.2) is 30.3 Å². The van der Waals surface area contributed by atoms with Gasteiger partial charge in [-0.2, -0.15) is 18.4 Å². The van der Waals surface area contributed by atoms with Gasteiger partial charge in [0.15, 0.2) is 0 Å². The quantitative estimate of drug-likeness (QED) is 0.793. The Labute approximate surface area is 95.3 Å². The predicted molar refractivity (Wildman–Crippen MR) is 60.5 cm³/mol. The van der Waals surface area contributed by atoms with Crippen molar-refractivity contribution in [2.45, 2.75) is 13.0 Å². The Morgan fingerprint density at radius 1 is 1.38 bits per heavy atom. The average molecular weight is 239 g/mol. The molecule has 0 aromatic heterocycles. The molecule has 0 heterocycles. The van der Waals surface area contributed by atoms with Gasteiger partial charge in [0.25, 0.3) is 10.2 Å². The Hall–Kier alpha value is -1.42. The molecule has 1 atom stereocenters. The predicted octanol–water partition coefficient (Wildman–Crippen LogP) is 0.695. The van der Waals surface area contributed by atoms with E-state index in [1.54, 1.807) is 37.3 Å². The lowest BCUT2D eigenvalue weighted by molar-refractivity contribution is 0.562. The molecule has 2 N–H and O–H groups in total. The van der Waals surface area contributed by atoms with E-state index < -0.39 is 16.3 Å². The fraction of sp³-hybridized carbons (Fsp3) is 0.300. The van der Waals surface area contributed by atoms with Gasteiger partial charge < -0.3 is 0 Å². The highest BCUT2D eigenvalue weighted by molar-refractivity contribution is 7.87. The van der Waals surface area contributed by atoms with Crippen molar-refractivity contribution in [2.24, 2.45) is 0 Å². The summed E-state index contributed by atoms with van der Waals surface area (Å²) in [6.07, 6.45) is 0. The minimum absolute atomic E-state index is 0.280. The molecule has 0 bridgehead atoms. The van der Waals surface area contributed by atoms with Crippen molar-refractivity contribution in [3.05, 3.63) is 35.9 Å². The largest absolute Gasteiger partial charge is 0.278 e. The van der Waals surface area contributed by atoms with E-state index in [-0.39, 0.29) is 6.54 Å². The second-order valence-corrected chi connectivity index (χ2v) is 4.62. The van der Waals surface area contributed by atoms with E-state index in [9.17, 15) is 8.42 Å². The summed E-state index contributed by atoms with van der Waals surface area (Å²) >= 11 is 0. The Bertz CT molecular complexity index is 465. The van der Waals surface area contributed by atoms with Crippen LogP contribution in [0, 0.1) is 11.3 Å². The number of rotatable bonds is 5. The highest BCUT2D eigenvalue weighted by Crippen LogP contribution is 2.11. The van der Waals surface area contributed by atoms with Gasteiger partial charge in [-0.15, -0.1) is 0 Å². The Morgan fingerprint density at radius 2 is 2.00 bits per heavy atom. The zero-order chi connectivity index (χ0) is 12.0. The summed E-state index contributed by atoms with van der Waals surface area (Å²) in [5.41, 5.74) is 0.617. The highest BCUT2D eigenvalue weighted by Gasteiger charge is 2.17. The lowest BCUT2D eigenvalue weighted by atomic mass is 10.1. The first-order valence-corrected chi connectivity index (χ1v) is 6.29. The molecule has 1 unspecified atom stereocenters. The SMILES string of the molecule is CCNS(=O)(=O)NC(C#N)c1ccccc1. The molecule has 0 saturated carbocycles. The maximum atomic E-state index is 11.4. The van der Waals surface area contributed by atoms with Crippen LogP contribution in [0.5, 0.6) is 0 Å². The highest BCUT2D eigenvalue weighted by atomic mass is 32.2. The van der Waals surface area contributed by atoms with Crippen LogP contribution in [-0.4, -0.2) is 15.0 Å². The molecule has 0 aliphatic heterocycles. The van der Waals surface area contributed by atoms with Gasteiger partial charge in [0.1, 0.15) is 6.04 Å². The first-order valence-electron chi connectivity index (χ1n) is 4.80. The van der Waals surface area contributed by atoms with Crippen molar-refractivity contribution in [1.29, 1.82) is 5.26 Å². The van der Waals surface area contributed by atoms with Gasteiger partial charge in [-0.3, -0.25) is 0 Å². The van der Waals surface area contributed by atoms with Gasteiger partial charge in [0, 0.05) is 6.54 Å². The third-order valence-corrected chi connectivity index (χ3v) is 3.08. The number of nitriles is 1. The van der Waals surface area contributed by atoms with Crippen molar-refractivity contribution in [2.75, 3.05) is 6.54 Å². The Balaban J connectivity index is 2.83. The molecule has 0 saturated heterocycles. The normalized spacial score (nSPS) is 13.0. The van der Waals surface area contributed by atoms with Crippen LogP contribution in [0.3, 0.4) is 0 Å². The molecule has 0 radical (unpaired) electrons. The molecule has 5 nitrogen and oxygen atoms in total. The molecule has 0 amide bonds. The van der Waals surface area contributed by atoms with Gasteiger partial charge in [-0.25, -0.2) is 4.72 Å². The lowest BCUT2D eigenvalue weighted by Crippen LogP contribution is -2.38. The maximum absolute atomic E-state index is 11.4. The summed E-state index contributed by atoms with van der Waals surface area (Å²) < 4.78 is 27.3. The van der Waals surface area contributed by atoms with Gasteiger partial charge >= 0.3 is 0 Å². The first kappa shape index (κ1) is 12.6. The Morgan fingerprint density at radius 3 is 2.50 bits per heavy atom. The number of benzene rings is 1. The zero-order valence-electron chi connectivity index (χ0n) is 8.84. The average Bonchev–Trinajstić information content (AvgIpc) is 2.27. The molecular weight excluding hydrogens is 226 g/mol. The van der Waals surface area contributed by atoms with Crippen LogP contribution >= 0.6 is 0 Å². The van der Waals surface area contributed by atoms with Gasteiger partial charge in [0.2, 0.25) is 0 Å². The van der Waals surface area contributed by atoms with E-state index >= 15 is 0 Å². The summed E-state index contributed by atoms with van der Waals surface area (Å²) in [7, 11) is -3.61. The number of hydrogen-bond donors (Lipinski definition) is 2. The summed E-state index contributed by atoms with van der Waals surface area (Å²) in [5, 5.41) is 8.91. The summed E-state index contributed by atoms with van der Waals surface area (Å²) in [4.78, 5) is 0. The molecule has 1 aromatic rings. The van der Waals surface area contributed by atoms with Crippen LogP contribution in [0.25, 0.3) is 0 Å². The topological polar surface area (TPSA) is 82.0 Å². The Kier molecular flexibility index (Phi) is 4.43. The van der Waals surface area contributed by atoms with E-state index in [0.29, 0.717) is 5.56 Å². The van der Waals surface area contributed by atoms with Crippen molar-refractivity contribution in [1.82, 2.24) is 9.44 Å². The van der Waals surface area contributed by atoms with E-state index in [0.717, 1.165) is 0 Å². The molecule has 0 aliphatic carbocycles. The fourth-order valence-electron chi connectivity index (χ4n) is 1.20. The minimum atomic E-state index is -3.61. The van der Waals surface area contributed by atoms with Crippen LogP contribution in [0.1, 0.15) is 18.5 Å². The molecule has 86 valence electrons. The third-order valence-electron chi connectivity index (χ3n) is 1.87. The van der Waals surface area contributed by atoms with Crippen LogP contribution in [-0.2, 0) is 10.2 Å². The molecule has 16 heavy (non-hydrogen) atoms. The standard InChI is InChI=1S/C10H13N3O2S/c1-2-12-16(14,15)13-10(8-11)9-6-4-3-5-7-9/h3-7,10,12-13H,2H2,1H3. The third kappa shape index (κ3) is 3.62. The van der Waals surface area contributed by atoms with Crippen molar-refractivity contribution >= 4 is 10.2 Å². The number of nitrogens with zero attached hydrogens (tertiary/aromatic N) is 1. The second kappa shape index (κ2) is 5.61. The van der Waals surface area contributed by atoms with Crippen LogP contribution in [0.4, 0.5) is 0 Å². The summed E-state index contributed by atoms with van der Waals surface area (Å²) in [6.45, 7) is 1.95. The molecule has 6 heteroatoms. The van der Waals surface area contributed by atoms with Crippen molar-refractivity contribution < 1.29 is 8.42 Å². The van der Waals surface area contributed by atoms with Gasteiger partial charge in [0.05, 0.1) is 6.07 Å². The molecule has 0 spiro atoms. The summed E-state index contributed by atoms with van der Waals surface area (Å²) in [5.74, 6) is 0. The monoisotopic (exact) mass is 239 g/mol. The van der Waals surface area contributed by atoms with Crippen LogP contribution in [0.2, 0.25) is 0 Å². The smallest absolute Gasteiger partial charge is 0.203 e. The van der Waals surface area contributed by atoms with E-state index in [1.807, 2.05) is 6.07 Å². The van der Waals surface area contributed by atoms with Crippen molar-refractivity contribution in [3.63, 3.8) is 0 Å². The van der Waals surface area contributed by atoms with Gasteiger partial charge in [-0.1, -0.05) is 37.3 Å². The van der Waals surface area contributed by atoms with E-state index in [4.69, 9.17) is 5.26 Å². The summed E-state index contributed by atoms with van der Waals surface area (Å²) in [6, 6.07) is 9.73. The van der Waals surface area contributed by atoms with E-state index in [2.05, 4.69) is 9.44 Å².